The van der Waals surface area contributed by atoms with E-state index in [0.29, 0.717) is 5.84 Å². The summed E-state index contributed by atoms with van der Waals surface area (Å²) in [6, 6.07) is 3.76. The molecule has 0 radical (unpaired) electrons. The average Bonchev–Trinajstić information content (AvgIpc) is 2.76. The van der Waals surface area contributed by atoms with Crippen molar-refractivity contribution in [1.29, 1.82) is 0 Å². The van der Waals surface area contributed by atoms with Crippen LogP contribution in [0.15, 0.2) is 41.2 Å². The van der Waals surface area contributed by atoms with Crippen molar-refractivity contribution in [2.45, 2.75) is 0 Å². The molecule has 0 aromatic carbocycles. The highest BCUT2D eigenvalue weighted by atomic mass is 19.1. The zero-order valence-corrected chi connectivity index (χ0v) is 8.87. The van der Waals surface area contributed by atoms with Crippen molar-refractivity contribution in [3.05, 3.63) is 41.7 Å². The molecule has 0 saturated heterocycles. The molecule has 2 aromatic heterocycles. The molecule has 0 bridgehead atoms. The minimum Gasteiger partial charge on any atom is -0.381 e. The second kappa shape index (κ2) is 3.58. The van der Waals surface area contributed by atoms with Crippen LogP contribution in [0.25, 0.3) is 11.0 Å². The Hall–Kier alpha value is -2.37. The van der Waals surface area contributed by atoms with Crippen molar-refractivity contribution >= 4 is 16.9 Å². The summed E-state index contributed by atoms with van der Waals surface area (Å²) in [6.45, 7) is 0.0671. The quantitative estimate of drug-likeness (QED) is 0.685. The number of nitrogens with one attached hydrogen (secondary N) is 2. The lowest BCUT2D eigenvalue weighted by molar-refractivity contribution is 0.581. The van der Waals surface area contributed by atoms with Gasteiger partial charge in [0.25, 0.3) is 0 Å². The first-order valence-corrected chi connectivity index (χ1v) is 5.15. The number of hydrogen-bond acceptors (Lipinski definition) is 4. The van der Waals surface area contributed by atoms with Crippen molar-refractivity contribution in [3.8, 4) is 0 Å². The fourth-order valence-electron chi connectivity index (χ4n) is 1.78. The lowest BCUT2D eigenvalue weighted by Crippen LogP contribution is -2.31. The number of H-pyrrole nitrogens is 1. The lowest BCUT2D eigenvalue weighted by atomic mass is 10.2. The van der Waals surface area contributed by atoms with Crippen LogP contribution in [-0.2, 0) is 0 Å². The molecule has 0 spiro atoms. The first kappa shape index (κ1) is 9.83. The highest BCUT2D eigenvalue weighted by molar-refractivity contribution is 6.09. The molecule has 1 aliphatic heterocycles. The number of aromatic nitrogens is 2. The third kappa shape index (κ3) is 1.54. The maximum Gasteiger partial charge on any atom is 0.161 e. The van der Waals surface area contributed by atoms with Gasteiger partial charge >= 0.3 is 0 Å². The van der Waals surface area contributed by atoms with Crippen LogP contribution in [0, 0.1) is 0 Å². The maximum absolute atomic E-state index is 13.1. The Morgan fingerprint density at radius 1 is 1.41 bits per heavy atom. The molecule has 0 saturated carbocycles. The van der Waals surface area contributed by atoms with Gasteiger partial charge in [0.1, 0.15) is 11.5 Å². The van der Waals surface area contributed by atoms with E-state index in [0.717, 1.165) is 16.6 Å². The second-order valence-corrected chi connectivity index (χ2v) is 3.71. The Bertz CT molecular complexity index is 640. The Morgan fingerprint density at radius 2 is 2.29 bits per heavy atom. The number of amidine groups is 1. The predicted molar refractivity (Wildman–Crippen MR) is 63.0 cm³/mol. The van der Waals surface area contributed by atoms with E-state index < -0.39 is 5.83 Å². The number of halogens is 1. The third-order valence-corrected chi connectivity index (χ3v) is 2.63. The maximum atomic E-state index is 13.1. The van der Waals surface area contributed by atoms with Gasteiger partial charge in [0.15, 0.2) is 11.6 Å². The number of nitrogens with zero attached hydrogens (tertiary/aromatic N) is 2. The molecular weight excluding hydrogens is 221 g/mol. The normalized spacial score (nSPS) is 15.9. The highest BCUT2D eigenvalue weighted by Gasteiger charge is 2.16. The zero-order chi connectivity index (χ0) is 11.8. The third-order valence-electron chi connectivity index (χ3n) is 2.63. The monoisotopic (exact) mass is 231 g/mol. The molecule has 2 aromatic rings. The van der Waals surface area contributed by atoms with Gasteiger partial charge in [-0.3, -0.25) is 0 Å². The predicted octanol–water partition coefficient (Wildman–Crippen LogP) is 1.01. The Labute approximate surface area is 96.3 Å². The van der Waals surface area contributed by atoms with Gasteiger partial charge in [0.05, 0.1) is 6.54 Å². The summed E-state index contributed by atoms with van der Waals surface area (Å²) in [7, 11) is 0. The molecule has 1 aliphatic rings. The van der Waals surface area contributed by atoms with Gasteiger partial charge in [0, 0.05) is 23.3 Å². The van der Waals surface area contributed by atoms with Crippen LogP contribution < -0.4 is 11.1 Å². The average molecular weight is 231 g/mol. The van der Waals surface area contributed by atoms with Gasteiger partial charge in [-0.1, -0.05) is 0 Å². The SMILES string of the molecule is NC1=C(F)CNC(c2c[nH]c3ncccc23)=N1. The van der Waals surface area contributed by atoms with Crippen molar-refractivity contribution in [2.75, 3.05) is 6.54 Å². The van der Waals surface area contributed by atoms with Gasteiger partial charge in [-0.15, -0.1) is 0 Å². The van der Waals surface area contributed by atoms with Crippen LogP contribution in [0.3, 0.4) is 0 Å². The number of aliphatic imine (C=N–C) groups is 1. The summed E-state index contributed by atoms with van der Waals surface area (Å²) in [5.41, 5.74) is 7.07. The summed E-state index contributed by atoms with van der Waals surface area (Å²) in [6.07, 6.45) is 3.48. The van der Waals surface area contributed by atoms with E-state index in [2.05, 4.69) is 20.3 Å². The van der Waals surface area contributed by atoms with E-state index in [9.17, 15) is 4.39 Å². The van der Waals surface area contributed by atoms with Gasteiger partial charge < -0.3 is 16.0 Å². The fourth-order valence-corrected chi connectivity index (χ4v) is 1.78. The van der Waals surface area contributed by atoms with Gasteiger partial charge in [-0.2, -0.15) is 0 Å². The smallest absolute Gasteiger partial charge is 0.161 e. The molecule has 5 nitrogen and oxygen atoms in total. The summed E-state index contributed by atoms with van der Waals surface area (Å²) in [5.74, 6) is 0.0480. The zero-order valence-electron chi connectivity index (χ0n) is 8.87. The molecule has 0 unspecified atom stereocenters. The Morgan fingerprint density at radius 3 is 3.12 bits per heavy atom. The van der Waals surface area contributed by atoms with Crippen molar-refractivity contribution in [3.63, 3.8) is 0 Å². The van der Waals surface area contributed by atoms with Crippen LogP contribution in [0.1, 0.15) is 5.56 Å². The van der Waals surface area contributed by atoms with Crippen LogP contribution in [0.5, 0.6) is 0 Å². The van der Waals surface area contributed by atoms with Crippen molar-refractivity contribution in [2.24, 2.45) is 10.7 Å². The van der Waals surface area contributed by atoms with Gasteiger partial charge in [-0.25, -0.2) is 14.4 Å². The Balaban J connectivity index is 2.14. The minimum atomic E-state index is -0.438. The number of nitrogens with two attached hydrogens (primary N) is 1. The molecular formula is C11H10FN5. The molecule has 0 amide bonds. The summed E-state index contributed by atoms with van der Waals surface area (Å²) in [4.78, 5) is 11.2. The Kier molecular flexibility index (Phi) is 2.07. The van der Waals surface area contributed by atoms with E-state index in [1.165, 1.54) is 0 Å². The first-order valence-electron chi connectivity index (χ1n) is 5.15. The second-order valence-electron chi connectivity index (χ2n) is 3.71. The molecule has 6 heteroatoms. The number of aromatic amines is 1. The van der Waals surface area contributed by atoms with E-state index >= 15 is 0 Å². The molecule has 0 aliphatic carbocycles. The van der Waals surface area contributed by atoms with Gasteiger partial charge in [0.2, 0.25) is 0 Å². The molecule has 86 valence electrons. The minimum absolute atomic E-state index is 0.0671. The van der Waals surface area contributed by atoms with E-state index in [1.54, 1.807) is 12.4 Å². The number of pyridine rings is 1. The topological polar surface area (TPSA) is 79.1 Å². The fraction of sp³-hybridized carbons (Fsp3) is 0.0909. The molecule has 0 atom stereocenters. The standard InChI is InChI=1S/C11H10FN5/c12-8-5-16-11(17-9(8)13)7-4-15-10-6(7)2-1-3-14-10/h1-4H,5,13H2,(H,14,15)(H,16,17). The first-order chi connectivity index (χ1) is 8.25. The molecule has 4 N–H and O–H groups in total. The van der Waals surface area contributed by atoms with Gasteiger partial charge in [-0.05, 0) is 12.1 Å². The molecule has 0 fully saturated rings. The van der Waals surface area contributed by atoms with Crippen molar-refractivity contribution in [1.82, 2.24) is 15.3 Å². The number of fused-ring (bicyclic) bond motifs is 1. The van der Waals surface area contributed by atoms with E-state index in [-0.39, 0.29) is 12.4 Å². The largest absolute Gasteiger partial charge is 0.381 e. The van der Waals surface area contributed by atoms with Crippen LogP contribution in [0.2, 0.25) is 0 Å². The van der Waals surface area contributed by atoms with Crippen LogP contribution in [-0.4, -0.2) is 22.3 Å². The van der Waals surface area contributed by atoms with Crippen molar-refractivity contribution < 1.29 is 4.39 Å². The number of hydrogen-bond donors (Lipinski definition) is 3. The van der Waals surface area contributed by atoms with Crippen LogP contribution in [0.4, 0.5) is 4.39 Å². The van der Waals surface area contributed by atoms with E-state index in [1.807, 2.05) is 12.1 Å². The number of rotatable bonds is 1. The summed E-state index contributed by atoms with van der Waals surface area (Å²) in [5, 5.41) is 3.81. The highest BCUT2D eigenvalue weighted by Crippen LogP contribution is 2.18. The van der Waals surface area contributed by atoms with E-state index in [4.69, 9.17) is 5.73 Å². The molecule has 3 rings (SSSR count). The molecule has 17 heavy (non-hydrogen) atoms. The molecule has 3 heterocycles. The lowest BCUT2D eigenvalue weighted by Gasteiger charge is -2.13. The van der Waals surface area contributed by atoms with Crippen LogP contribution >= 0.6 is 0 Å². The summed E-state index contributed by atoms with van der Waals surface area (Å²) >= 11 is 0. The summed E-state index contributed by atoms with van der Waals surface area (Å²) < 4.78 is 13.1.